The molecular formula is C10H10N2O5. The van der Waals surface area contributed by atoms with E-state index in [9.17, 15) is 19.8 Å². The van der Waals surface area contributed by atoms with Crippen molar-refractivity contribution in [2.24, 2.45) is 5.73 Å². The van der Waals surface area contributed by atoms with Crippen LogP contribution in [0.15, 0.2) is 23.9 Å². The Balaban J connectivity index is 3.32. The number of hydrogen-bond acceptors (Lipinski definition) is 6. The second-order valence-corrected chi connectivity index (χ2v) is 3.17. The molecule has 1 aromatic rings. The van der Waals surface area contributed by atoms with Crippen molar-refractivity contribution < 1.29 is 24.9 Å². The number of phenolic OH excluding ortho intramolecular Hbond substituents is 1. The fourth-order valence-corrected chi connectivity index (χ4v) is 1.11. The van der Waals surface area contributed by atoms with Crippen molar-refractivity contribution in [2.45, 2.75) is 0 Å². The van der Waals surface area contributed by atoms with E-state index in [0.29, 0.717) is 0 Å². The summed E-state index contributed by atoms with van der Waals surface area (Å²) in [6.45, 7) is 0. The molecule has 1 aromatic carbocycles. The average Bonchev–Trinajstić information content (AvgIpc) is 2.29. The summed E-state index contributed by atoms with van der Waals surface area (Å²) in [5.41, 5.74) is 9.70. The highest BCUT2D eigenvalue weighted by Crippen LogP contribution is 2.26. The van der Waals surface area contributed by atoms with Crippen LogP contribution in [0.5, 0.6) is 5.75 Å². The van der Waals surface area contributed by atoms with Crippen LogP contribution in [0.1, 0.15) is 5.56 Å². The molecule has 0 aliphatic heterocycles. The molecule has 1 rings (SSSR count). The Morgan fingerprint density at radius 3 is 2.29 bits per heavy atom. The van der Waals surface area contributed by atoms with Crippen molar-refractivity contribution in [3.05, 3.63) is 29.5 Å². The van der Waals surface area contributed by atoms with Crippen LogP contribution in [0.2, 0.25) is 0 Å². The normalized spacial score (nSPS) is 11.8. The van der Waals surface area contributed by atoms with Crippen molar-refractivity contribution in [1.82, 2.24) is 0 Å². The summed E-state index contributed by atoms with van der Waals surface area (Å²) in [5.74, 6) is -4.48. The molecule has 90 valence electrons. The van der Waals surface area contributed by atoms with Gasteiger partial charge >= 0.3 is 5.97 Å². The van der Waals surface area contributed by atoms with Crippen molar-refractivity contribution in [3.8, 4) is 5.75 Å². The molecule has 0 saturated carbocycles. The van der Waals surface area contributed by atoms with E-state index in [1.54, 1.807) is 0 Å². The number of carbonyl (C=O) groups is 2. The number of benzene rings is 1. The summed E-state index contributed by atoms with van der Waals surface area (Å²) < 4.78 is 0. The van der Waals surface area contributed by atoms with Gasteiger partial charge in [-0.3, -0.25) is 4.79 Å². The zero-order valence-electron chi connectivity index (χ0n) is 8.54. The Labute approximate surface area is 95.6 Å². The molecule has 0 amide bonds. The standard InChI is InChI=1S/C10H10N2O5/c11-4-1-2-6(13)5(3-4)8(14)7(12)9(15)10(16)17/h1-3,13-14H,11-12H2,(H,16,17)/b8-7-. The molecule has 0 aliphatic rings. The lowest BCUT2D eigenvalue weighted by atomic mass is 10.1. The van der Waals surface area contributed by atoms with Gasteiger partial charge in [0.2, 0.25) is 0 Å². The number of aliphatic carboxylic acids is 1. The molecule has 7 nitrogen and oxygen atoms in total. The van der Waals surface area contributed by atoms with Crippen molar-refractivity contribution in [2.75, 3.05) is 5.73 Å². The van der Waals surface area contributed by atoms with Crippen molar-refractivity contribution in [3.63, 3.8) is 0 Å². The molecule has 0 unspecified atom stereocenters. The first-order valence-corrected chi connectivity index (χ1v) is 4.39. The summed E-state index contributed by atoms with van der Waals surface area (Å²) in [7, 11) is 0. The van der Waals surface area contributed by atoms with E-state index >= 15 is 0 Å². The number of carbonyl (C=O) groups excluding carboxylic acids is 1. The van der Waals surface area contributed by atoms with E-state index in [0.717, 1.165) is 6.07 Å². The third-order valence-corrected chi connectivity index (χ3v) is 1.97. The summed E-state index contributed by atoms with van der Waals surface area (Å²) in [6.07, 6.45) is 0. The summed E-state index contributed by atoms with van der Waals surface area (Å²) in [6, 6.07) is 3.70. The maximum absolute atomic E-state index is 11.0. The maximum Gasteiger partial charge on any atom is 0.378 e. The Bertz CT molecular complexity index is 521. The Morgan fingerprint density at radius 2 is 1.76 bits per heavy atom. The molecule has 0 aliphatic carbocycles. The van der Waals surface area contributed by atoms with Gasteiger partial charge < -0.3 is 26.8 Å². The summed E-state index contributed by atoms with van der Waals surface area (Å²) in [5, 5.41) is 27.4. The number of aliphatic hydroxyl groups excluding tert-OH is 1. The largest absolute Gasteiger partial charge is 0.507 e. The monoisotopic (exact) mass is 238 g/mol. The first kappa shape index (κ1) is 12.4. The molecule has 0 atom stereocenters. The van der Waals surface area contributed by atoms with Crippen molar-refractivity contribution in [1.29, 1.82) is 0 Å². The fourth-order valence-electron chi connectivity index (χ4n) is 1.11. The van der Waals surface area contributed by atoms with Gasteiger partial charge in [0.15, 0.2) is 5.76 Å². The van der Waals surface area contributed by atoms with Gasteiger partial charge in [0.05, 0.1) is 5.56 Å². The number of Topliss-reactive ketones (excluding diaryl/α,β-unsaturated/α-hetero) is 1. The Hall–Kier alpha value is -2.70. The molecule has 0 spiro atoms. The van der Waals surface area contributed by atoms with Crippen LogP contribution in [0.3, 0.4) is 0 Å². The number of ketones is 1. The van der Waals surface area contributed by atoms with E-state index in [1.807, 2.05) is 0 Å². The quantitative estimate of drug-likeness (QED) is 0.161. The summed E-state index contributed by atoms with van der Waals surface area (Å²) >= 11 is 0. The average molecular weight is 238 g/mol. The topological polar surface area (TPSA) is 147 Å². The lowest BCUT2D eigenvalue weighted by Gasteiger charge is -2.06. The van der Waals surface area contributed by atoms with Gasteiger partial charge in [-0.2, -0.15) is 0 Å². The first-order chi connectivity index (χ1) is 7.84. The molecule has 7 N–H and O–H groups in total. The van der Waals surface area contributed by atoms with Gasteiger partial charge in [-0.05, 0) is 18.2 Å². The second kappa shape index (κ2) is 4.44. The zero-order valence-corrected chi connectivity index (χ0v) is 8.54. The Kier molecular flexibility index (Phi) is 3.23. The number of rotatable bonds is 3. The number of carboxylic acids is 1. The number of phenols is 1. The van der Waals surface area contributed by atoms with Crippen molar-refractivity contribution >= 4 is 23.2 Å². The SMILES string of the molecule is N/C(C(=O)C(=O)O)=C(\O)c1cc(N)ccc1O. The molecule has 0 saturated heterocycles. The number of nitrogen functional groups attached to an aromatic ring is 1. The molecular weight excluding hydrogens is 228 g/mol. The highest BCUT2D eigenvalue weighted by Gasteiger charge is 2.21. The lowest BCUT2D eigenvalue weighted by Crippen LogP contribution is -2.22. The number of carboxylic acid groups (broad SMARTS) is 1. The number of aliphatic hydroxyl groups is 1. The molecule has 0 heterocycles. The lowest BCUT2D eigenvalue weighted by molar-refractivity contribution is -0.147. The van der Waals surface area contributed by atoms with Gasteiger partial charge in [-0.15, -0.1) is 0 Å². The molecule has 17 heavy (non-hydrogen) atoms. The van der Waals surface area contributed by atoms with E-state index < -0.39 is 23.2 Å². The van der Waals surface area contributed by atoms with Gasteiger partial charge in [0, 0.05) is 5.69 Å². The summed E-state index contributed by atoms with van der Waals surface area (Å²) in [4.78, 5) is 21.4. The predicted octanol–water partition coefficient (Wildman–Crippen LogP) is -0.187. The minimum absolute atomic E-state index is 0.208. The minimum atomic E-state index is -1.81. The second-order valence-electron chi connectivity index (χ2n) is 3.17. The molecule has 0 aromatic heterocycles. The van der Waals surface area contributed by atoms with Gasteiger partial charge in [-0.25, -0.2) is 4.79 Å². The van der Waals surface area contributed by atoms with E-state index in [-0.39, 0.29) is 17.0 Å². The highest BCUT2D eigenvalue weighted by atomic mass is 16.4. The molecule has 0 fully saturated rings. The van der Waals surface area contributed by atoms with Crippen LogP contribution in [-0.2, 0) is 9.59 Å². The van der Waals surface area contributed by atoms with E-state index in [2.05, 4.69) is 0 Å². The van der Waals surface area contributed by atoms with Crippen LogP contribution in [0, 0.1) is 0 Å². The van der Waals surface area contributed by atoms with Crippen LogP contribution < -0.4 is 11.5 Å². The fraction of sp³-hybridized carbons (Fsp3) is 0. The molecule has 0 radical (unpaired) electrons. The minimum Gasteiger partial charge on any atom is -0.507 e. The third kappa shape index (κ3) is 2.46. The van der Waals surface area contributed by atoms with Crippen LogP contribution >= 0.6 is 0 Å². The van der Waals surface area contributed by atoms with Crippen LogP contribution in [0.25, 0.3) is 5.76 Å². The number of hydrogen-bond donors (Lipinski definition) is 5. The van der Waals surface area contributed by atoms with Crippen LogP contribution in [0.4, 0.5) is 5.69 Å². The van der Waals surface area contributed by atoms with Crippen LogP contribution in [-0.4, -0.2) is 27.1 Å². The maximum atomic E-state index is 11.0. The molecule has 0 bridgehead atoms. The Morgan fingerprint density at radius 1 is 1.18 bits per heavy atom. The number of nitrogens with two attached hydrogens (primary N) is 2. The predicted molar refractivity (Wildman–Crippen MR) is 58.9 cm³/mol. The third-order valence-electron chi connectivity index (χ3n) is 1.97. The highest BCUT2D eigenvalue weighted by molar-refractivity contribution is 6.40. The van der Waals surface area contributed by atoms with Gasteiger partial charge in [-0.1, -0.05) is 0 Å². The first-order valence-electron chi connectivity index (χ1n) is 4.39. The molecule has 7 heteroatoms. The van der Waals surface area contributed by atoms with E-state index in [4.69, 9.17) is 16.6 Å². The number of aromatic hydroxyl groups is 1. The van der Waals surface area contributed by atoms with E-state index in [1.165, 1.54) is 12.1 Å². The van der Waals surface area contributed by atoms with Gasteiger partial charge in [0.25, 0.3) is 5.78 Å². The zero-order chi connectivity index (χ0) is 13.2. The number of anilines is 1. The smallest absolute Gasteiger partial charge is 0.378 e. The van der Waals surface area contributed by atoms with Gasteiger partial charge in [0.1, 0.15) is 11.4 Å².